The summed E-state index contributed by atoms with van der Waals surface area (Å²) in [5, 5.41) is 13.1. The fraction of sp³-hybridized carbons (Fsp3) is 0.346. The molecule has 33 heavy (non-hydrogen) atoms. The number of aromatic nitrogens is 1. The number of amides is 1. The third-order valence-electron chi connectivity index (χ3n) is 6.46. The van der Waals surface area contributed by atoms with E-state index in [0.29, 0.717) is 29.3 Å². The van der Waals surface area contributed by atoms with E-state index in [1.54, 1.807) is 12.3 Å². The Balaban J connectivity index is 1.68. The zero-order valence-corrected chi connectivity index (χ0v) is 18.8. The molecule has 0 spiro atoms. The predicted molar refractivity (Wildman–Crippen MR) is 126 cm³/mol. The van der Waals surface area contributed by atoms with Crippen LogP contribution >= 0.6 is 0 Å². The number of fused-ring (bicyclic) bond motifs is 1. The van der Waals surface area contributed by atoms with E-state index in [2.05, 4.69) is 10.3 Å². The van der Waals surface area contributed by atoms with Crippen molar-refractivity contribution in [1.29, 1.82) is 0 Å². The number of hydrogen-bond acceptors (Lipinski definition) is 4. The minimum absolute atomic E-state index is 0.00684. The van der Waals surface area contributed by atoms with Crippen LogP contribution < -0.4 is 10.1 Å². The summed E-state index contributed by atoms with van der Waals surface area (Å²) in [5.74, 6) is -1.02. The van der Waals surface area contributed by atoms with Gasteiger partial charge in [0, 0.05) is 34.8 Å². The lowest BCUT2D eigenvalue weighted by molar-refractivity contribution is -0.118. The second kappa shape index (κ2) is 9.48. The van der Waals surface area contributed by atoms with Crippen molar-refractivity contribution in [2.45, 2.75) is 44.9 Å². The van der Waals surface area contributed by atoms with E-state index >= 15 is 0 Å². The Bertz CT molecular complexity index is 1210. The van der Waals surface area contributed by atoms with Crippen LogP contribution in [0.15, 0.2) is 42.6 Å². The van der Waals surface area contributed by atoms with Crippen molar-refractivity contribution in [3.05, 3.63) is 59.3 Å². The Labute approximate surface area is 192 Å². The SMILES string of the molecule is COc1cc(C(=O)O)ccc1C(C(C)=O)c1c[nH]c2ccc(NC(=O)CC3CCCC3)cc12. The lowest BCUT2D eigenvalue weighted by atomic mass is 9.86. The van der Waals surface area contributed by atoms with Gasteiger partial charge in [-0.15, -0.1) is 0 Å². The normalized spacial score (nSPS) is 14.8. The van der Waals surface area contributed by atoms with Crippen LogP contribution in [0.4, 0.5) is 5.69 Å². The number of methoxy groups -OCH3 is 1. The third-order valence-corrected chi connectivity index (χ3v) is 6.46. The second-order valence-electron chi connectivity index (χ2n) is 8.71. The van der Waals surface area contributed by atoms with Crippen LogP contribution in [0.1, 0.15) is 66.4 Å². The Morgan fingerprint density at radius 2 is 1.88 bits per heavy atom. The van der Waals surface area contributed by atoms with Gasteiger partial charge in [0.15, 0.2) is 0 Å². The maximum Gasteiger partial charge on any atom is 0.335 e. The molecule has 1 aromatic heterocycles. The molecule has 1 unspecified atom stereocenters. The molecule has 4 rings (SSSR count). The van der Waals surface area contributed by atoms with Gasteiger partial charge in [0.05, 0.1) is 18.6 Å². The van der Waals surface area contributed by atoms with Crippen molar-refractivity contribution in [1.82, 2.24) is 4.98 Å². The number of H-pyrrole nitrogens is 1. The molecule has 1 atom stereocenters. The molecule has 1 heterocycles. The maximum absolute atomic E-state index is 12.8. The number of rotatable bonds is 8. The number of hydrogen-bond donors (Lipinski definition) is 3. The highest BCUT2D eigenvalue weighted by molar-refractivity contribution is 5.98. The largest absolute Gasteiger partial charge is 0.496 e. The Hall–Kier alpha value is -3.61. The van der Waals surface area contributed by atoms with Gasteiger partial charge < -0.3 is 20.1 Å². The molecule has 3 aromatic rings. The van der Waals surface area contributed by atoms with Gasteiger partial charge in [-0.2, -0.15) is 0 Å². The van der Waals surface area contributed by atoms with Gasteiger partial charge in [-0.25, -0.2) is 4.79 Å². The van der Waals surface area contributed by atoms with Crippen molar-refractivity contribution in [3.8, 4) is 5.75 Å². The van der Waals surface area contributed by atoms with Crippen LogP contribution in [0.3, 0.4) is 0 Å². The highest BCUT2D eigenvalue weighted by Gasteiger charge is 2.26. The number of anilines is 1. The summed E-state index contributed by atoms with van der Waals surface area (Å²) in [6.45, 7) is 1.50. The van der Waals surface area contributed by atoms with Crippen LogP contribution in [-0.2, 0) is 9.59 Å². The number of carbonyl (C=O) groups is 3. The predicted octanol–water partition coefficient (Wildman–Crippen LogP) is 5.11. The van der Waals surface area contributed by atoms with Crippen LogP contribution in [0.2, 0.25) is 0 Å². The summed E-state index contributed by atoms with van der Waals surface area (Å²) in [5.41, 5.74) is 2.94. The Morgan fingerprint density at radius 1 is 1.12 bits per heavy atom. The maximum atomic E-state index is 12.8. The average Bonchev–Trinajstić information content (AvgIpc) is 3.44. The number of Topliss-reactive ketones (excluding diaryl/α,β-unsaturated/α-hetero) is 1. The molecule has 0 saturated heterocycles. The van der Waals surface area contributed by atoms with Gasteiger partial charge in [-0.05, 0) is 61.6 Å². The Kier molecular flexibility index (Phi) is 6.49. The monoisotopic (exact) mass is 448 g/mol. The smallest absolute Gasteiger partial charge is 0.335 e. The van der Waals surface area contributed by atoms with Gasteiger partial charge in [0.25, 0.3) is 0 Å². The average molecular weight is 449 g/mol. The first-order valence-electron chi connectivity index (χ1n) is 11.2. The molecule has 3 N–H and O–H groups in total. The molecule has 0 radical (unpaired) electrons. The number of ketones is 1. The lowest BCUT2D eigenvalue weighted by Gasteiger charge is -2.18. The molecule has 1 saturated carbocycles. The minimum Gasteiger partial charge on any atom is -0.496 e. The van der Waals surface area contributed by atoms with Gasteiger partial charge in [0.1, 0.15) is 11.5 Å². The van der Waals surface area contributed by atoms with Gasteiger partial charge in [0.2, 0.25) is 5.91 Å². The molecular weight excluding hydrogens is 420 g/mol. The number of aromatic amines is 1. The van der Waals surface area contributed by atoms with E-state index in [1.165, 1.54) is 39.0 Å². The van der Waals surface area contributed by atoms with Crippen molar-refractivity contribution in [3.63, 3.8) is 0 Å². The van der Waals surface area contributed by atoms with E-state index in [-0.39, 0.29) is 17.3 Å². The van der Waals surface area contributed by atoms with Gasteiger partial charge in [-0.1, -0.05) is 18.9 Å². The number of carboxylic acids is 1. The summed E-state index contributed by atoms with van der Waals surface area (Å²) in [4.78, 5) is 39.9. The third kappa shape index (κ3) is 4.77. The van der Waals surface area contributed by atoms with E-state index in [9.17, 15) is 19.5 Å². The van der Waals surface area contributed by atoms with E-state index < -0.39 is 11.9 Å². The first kappa shape index (κ1) is 22.6. The standard InChI is InChI=1S/C26H28N2O5/c1-15(29)25(19-9-7-17(26(31)32)12-23(19)33-2)21-14-27-22-10-8-18(13-20(21)22)28-24(30)11-16-5-3-4-6-16/h7-10,12-14,16,25,27H,3-6,11H2,1-2H3,(H,28,30)(H,31,32). The number of benzene rings is 2. The summed E-state index contributed by atoms with van der Waals surface area (Å²) >= 11 is 0. The fourth-order valence-electron chi connectivity index (χ4n) is 4.84. The first-order valence-corrected chi connectivity index (χ1v) is 11.2. The van der Waals surface area contributed by atoms with Crippen LogP contribution in [0.5, 0.6) is 5.75 Å². The molecule has 172 valence electrons. The number of aromatic carboxylic acids is 1. The molecule has 1 aliphatic carbocycles. The van der Waals surface area contributed by atoms with Crippen LogP contribution in [0, 0.1) is 5.92 Å². The second-order valence-corrected chi connectivity index (χ2v) is 8.71. The first-order chi connectivity index (χ1) is 15.9. The molecule has 7 heteroatoms. The van der Waals surface area contributed by atoms with Crippen molar-refractivity contribution < 1.29 is 24.2 Å². The molecule has 0 bridgehead atoms. The van der Waals surface area contributed by atoms with Gasteiger partial charge in [-0.3, -0.25) is 9.59 Å². The molecular formula is C26H28N2O5. The highest BCUT2D eigenvalue weighted by atomic mass is 16.5. The zero-order chi connectivity index (χ0) is 23.5. The van der Waals surface area contributed by atoms with E-state index in [1.807, 2.05) is 18.2 Å². The molecule has 1 amide bonds. The van der Waals surface area contributed by atoms with E-state index in [4.69, 9.17) is 4.74 Å². The summed E-state index contributed by atoms with van der Waals surface area (Å²) in [6.07, 6.45) is 6.92. The lowest BCUT2D eigenvalue weighted by Crippen LogP contribution is -2.15. The minimum atomic E-state index is -1.07. The number of nitrogens with one attached hydrogen (secondary N) is 2. The number of carboxylic acid groups (broad SMARTS) is 1. The highest BCUT2D eigenvalue weighted by Crippen LogP contribution is 2.37. The number of ether oxygens (including phenoxy) is 1. The van der Waals surface area contributed by atoms with Crippen molar-refractivity contribution >= 4 is 34.3 Å². The van der Waals surface area contributed by atoms with Crippen LogP contribution in [0.25, 0.3) is 10.9 Å². The van der Waals surface area contributed by atoms with Crippen molar-refractivity contribution in [2.75, 3.05) is 12.4 Å². The van der Waals surface area contributed by atoms with Crippen LogP contribution in [-0.4, -0.2) is 34.9 Å². The van der Waals surface area contributed by atoms with Gasteiger partial charge >= 0.3 is 5.97 Å². The summed E-state index contributed by atoms with van der Waals surface area (Å²) in [6, 6.07) is 10.1. The molecule has 7 nitrogen and oxygen atoms in total. The molecule has 2 aromatic carbocycles. The Morgan fingerprint density at radius 3 is 2.55 bits per heavy atom. The zero-order valence-electron chi connectivity index (χ0n) is 18.8. The van der Waals surface area contributed by atoms with Crippen molar-refractivity contribution in [2.24, 2.45) is 5.92 Å². The quantitative estimate of drug-likeness (QED) is 0.443. The topological polar surface area (TPSA) is 108 Å². The number of carbonyl (C=O) groups excluding carboxylic acids is 2. The molecule has 1 aliphatic rings. The fourth-order valence-corrected chi connectivity index (χ4v) is 4.84. The summed E-state index contributed by atoms with van der Waals surface area (Å²) < 4.78 is 5.43. The summed E-state index contributed by atoms with van der Waals surface area (Å²) in [7, 11) is 1.45. The van der Waals surface area contributed by atoms with E-state index in [0.717, 1.165) is 29.3 Å². The molecule has 0 aliphatic heterocycles. The molecule has 1 fully saturated rings.